The number of nitrogens with one attached hydrogen (secondary N) is 1. The number of hydrogen-bond acceptors (Lipinski definition) is 3. The van der Waals surface area contributed by atoms with E-state index in [-0.39, 0.29) is 10.8 Å². The number of rotatable bonds is 5. The molecule has 5 nitrogen and oxygen atoms in total. The van der Waals surface area contributed by atoms with Crippen LogP contribution < -0.4 is 4.72 Å². The lowest BCUT2D eigenvalue weighted by Crippen LogP contribution is -2.28. The molecule has 2 rings (SSSR count). The first-order valence-electron chi connectivity index (χ1n) is 6.94. The number of sulfonamides is 1. The third-order valence-electron chi connectivity index (χ3n) is 3.18. The Balaban J connectivity index is 2.45. The fraction of sp³-hybridized carbons (Fsp3) is 0.400. The van der Waals surface area contributed by atoms with Crippen molar-refractivity contribution in [1.29, 1.82) is 0 Å². The number of aryl methyl sites for hydroxylation is 1. The highest BCUT2D eigenvalue weighted by atomic mass is 32.2. The highest BCUT2D eigenvalue weighted by Crippen LogP contribution is 2.22. The van der Waals surface area contributed by atoms with Gasteiger partial charge in [0.15, 0.2) is 0 Å². The normalized spacial score (nSPS) is 12.0. The van der Waals surface area contributed by atoms with Gasteiger partial charge in [0.2, 0.25) is 10.0 Å². The van der Waals surface area contributed by atoms with E-state index in [0.29, 0.717) is 17.9 Å². The first kappa shape index (κ1) is 15.7. The average Bonchev–Trinajstić information content (AvgIpc) is 2.73. The van der Waals surface area contributed by atoms with Gasteiger partial charge in [0.05, 0.1) is 17.1 Å². The Kier molecular flexibility index (Phi) is 4.49. The van der Waals surface area contributed by atoms with E-state index >= 15 is 0 Å². The van der Waals surface area contributed by atoms with Crippen LogP contribution in [0.4, 0.5) is 0 Å². The van der Waals surface area contributed by atoms with Crippen molar-refractivity contribution in [3.63, 3.8) is 0 Å². The van der Waals surface area contributed by atoms with Gasteiger partial charge in [-0.2, -0.15) is 5.10 Å². The van der Waals surface area contributed by atoms with Crippen molar-refractivity contribution >= 4 is 10.0 Å². The molecule has 0 saturated heterocycles. The maximum Gasteiger partial charge on any atom is 0.244 e. The Morgan fingerprint density at radius 3 is 2.38 bits per heavy atom. The molecule has 1 N–H and O–H groups in total. The molecular weight excluding hydrogens is 286 g/mol. The van der Waals surface area contributed by atoms with Crippen LogP contribution in [-0.4, -0.2) is 24.7 Å². The Hall–Kier alpha value is -1.66. The van der Waals surface area contributed by atoms with Crippen molar-refractivity contribution in [2.45, 2.75) is 32.6 Å². The van der Waals surface area contributed by atoms with E-state index in [9.17, 15) is 8.42 Å². The van der Waals surface area contributed by atoms with Crippen molar-refractivity contribution in [1.82, 2.24) is 14.5 Å². The third kappa shape index (κ3) is 3.33. The second-order valence-electron chi connectivity index (χ2n) is 5.49. The van der Waals surface area contributed by atoms with Crippen LogP contribution in [0.25, 0.3) is 5.69 Å². The highest BCUT2D eigenvalue weighted by Gasteiger charge is 2.24. The minimum absolute atomic E-state index is 0.254. The predicted octanol–water partition coefficient (Wildman–Crippen LogP) is 2.42. The van der Waals surface area contributed by atoms with Crippen molar-refractivity contribution in [3.8, 4) is 5.69 Å². The van der Waals surface area contributed by atoms with Gasteiger partial charge in [0.25, 0.3) is 0 Å². The zero-order valence-electron chi connectivity index (χ0n) is 12.8. The van der Waals surface area contributed by atoms with Crippen LogP contribution >= 0.6 is 0 Å². The zero-order chi connectivity index (χ0) is 15.6. The molecule has 0 saturated carbocycles. The number of hydrogen-bond donors (Lipinski definition) is 1. The molecule has 1 aromatic carbocycles. The molecule has 0 unspecified atom stereocenters. The van der Waals surface area contributed by atoms with E-state index in [4.69, 9.17) is 0 Å². The zero-order valence-corrected chi connectivity index (χ0v) is 13.6. The predicted molar refractivity (Wildman–Crippen MR) is 83.1 cm³/mol. The topological polar surface area (TPSA) is 64.0 Å². The Labute approximate surface area is 126 Å². The second kappa shape index (κ2) is 5.99. The summed E-state index contributed by atoms with van der Waals surface area (Å²) in [5.41, 5.74) is 1.98. The van der Waals surface area contributed by atoms with Gasteiger partial charge in [0, 0.05) is 6.54 Å². The molecule has 0 atom stereocenters. The first-order valence-corrected chi connectivity index (χ1v) is 8.42. The average molecular weight is 307 g/mol. The van der Waals surface area contributed by atoms with Crippen LogP contribution in [-0.2, 0) is 10.0 Å². The second-order valence-corrected chi connectivity index (χ2v) is 7.20. The smallest absolute Gasteiger partial charge is 0.236 e. The summed E-state index contributed by atoms with van der Waals surface area (Å²) in [7, 11) is -3.54. The maximum absolute atomic E-state index is 12.5. The molecule has 0 aliphatic heterocycles. The molecule has 114 valence electrons. The summed E-state index contributed by atoms with van der Waals surface area (Å²) < 4.78 is 29.2. The number of aromatic nitrogens is 2. The molecule has 0 bridgehead atoms. The Morgan fingerprint density at radius 2 is 1.81 bits per heavy atom. The fourth-order valence-corrected chi connectivity index (χ4v) is 3.79. The standard InChI is InChI=1S/C15H21N3O2S/c1-11(2)10-16-21(19,20)15-12(3)17-18(13(15)4)14-8-6-5-7-9-14/h5-9,11,16H,10H2,1-4H3. The maximum atomic E-state index is 12.5. The number of para-hydroxylation sites is 1. The summed E-state index contributed by atoms with van der Waals surface area (Å²) in [5, 5.41) is 4.37. The first-order chi connectivity index (χ1) is 9.83. The van der Waals surface area contributed by atoms with Gasteiger partial charge in [-0.15, -0.1) is 0 Å². The molecule has 0 spiro atoms. The summed E-state index contributed by atoms with van der Waals surface area (Å²) in [5.74, 6) is 0.254. The largest absolute Gasteiger partial charge is 0.244 e. The summed E-state index contributed by atoms with van der Waals surface area (Å²) in [6, 6.07) is 9.51. The van der Waals surface area contributed by atoms with E-state index in [0.717, 1.165) is 5.69 Å². The van der Waals surface area contributed by atoms with Crippen LogP contribution in [0.15, 0.2) is 35.2 Å². The van der Waals surface area contributed by atoms with Crippen molar-refractivity contribution in [2.24, 2.45) is 5.92 Å². The molecule has 0 aliphatic carbocycles. The van der Waals surface area contributed by atoms with Gasteiger partial charge < -0.3 is 0 Å². The Morgan fingerprint density at radius 1 is 1.19 bits per heavy atom. The lowest BCUT2D eigenvalue weighted by Gasteiger charge is -2.09. The summed E-state index contributed by atoms with van der Waals surface area (Å²) in [6.45, 7) is 7.84. The molecular formula is C15H21N3O2S. The van der Waals surface area contributed by atoms with E-state index in [2.05, 4.69) is 9.82 Å². The van der Waals surface area contributed by atoms with Gasteiger partial charge in [0.1, 0.15) is 4.90 Å². The van der Waals surface area contributed by atoms with Gasteiger partial charge in [-0.1, -0.05) is 32.0 Å². The van der Waals surface area contributed by atoms with Crippen LogP contribution in [0.2, 0.25) is 0 Å². The lowest BCUT2D eigenvalue weighted by atomic mass is 10.2. The van der Waals surface area contributed by atoms with Crippen LogP contribution in [0.5, 0.6) is 0 Å². The summed E-state index contributed by atoms with van der Waals surface area (Å²) >= 11 is 0. The van der Waals surface area contributed by atoms with Crippen molar-refractivity contribution < 1.29 is 8.42 Å². The fourth-order valence-electron chi connectivity index (χ4n) is 2.19. The van der Waals surface area contributed by atoms with E-state index in [1.807, 2.05) is 44.2 Å². The molecule has 0 fully saturated rings. The van der Waals surface area contributed by atoms with Gasteiger partial charge in [-0.3, -0.25) is 0 Å². The van der Waals surface area contributed by atoms with Crippen LogP contribution in [0.1, 0.15) is 25.2 Å². The lowest BCUT2D eigenvalue weighted by molar-refractivity contribution is 0.559. The molecule has 0 radical (unpaired) electrons. The molecule has 1 heterocycles. The minimum atomic E-state index is -3.54. The van der Waals surface area contributed by atoms with Crippen LogP contribution in [0, 0.1) is 19.8 Å². The molecule has 6 heteroatoms. The van der Waals surface area contributed by atoms with E-state index < -0.39 is 10.0 Å². The monoisotopic (exact) mass is 307 g/mol. The third-order valence-corrected chi connectivity index (χ3v) is 4.85. The number of benzene rings is 1. The van der Waals surface area contributed by atoms with Gasteiger partial charge in [-0.05, 0) is 31.9 Å². The SMILES string of the molecule is Cc1nn(-c2ccccc2)c(C)c1S(=O)(=O)NCC(C)C. The molecule has 2 aromatic rings. The molecule has 0 aliphatic rings. The Bertz CT molecular complexity index is 719. The van der Waals surface area contributed by atoms with Crippen molar-refractivity contribution in [2.75, 3.05) is 6.54 Å². The van der Waals surface area contributed by atoms with Crippen LogP contribution in [0.3, 0.4) is 0 Å². The highest BCUT2D eigenvalue weighted by molar-refractivity contribution is 7.89. The molecule has 1 aromatic heterocycles. The van der Waals surface area contributed by atoms with E-state index in [1.54, 1.807) is 18.5 Å². The summed E-state index contributed by atoms with van der Waals surface area (Å²) in [6.07, 6.45) is 0. The molecule has 21 heavy (non-hydrogen) atoms. The molecule has 0 amide bonds. The van der Waals surface area contributed by atoms with Crippen molar-refractivity contribution in [3.05, 3.63) is 41.7 Å². The van der Waals surface area contributed by atoms with E-state index in [1.165, 1.54) is 0 Å². The number of nitrogens with zero attached hydrogens (tertiary/aromatic N) is 2. The quantitative estimate of drug-likeness (QED) is 0.922. The van der Waals surface area contributed by atoms with Gasteiger partial charge >= 0.3 is 0 Å². The van der Waals surface area contributed by atoms with Gasteiger partial charge in [-0.25, -0.2) is 17.8 Å². The minimum Gasteiger partial charge on any atom is -0.236 e. The summed E-state index contributed by atoms with van der Waals surface area (Å²) in [4.78, 5) is 0.270.